The van der Waals surface area contributed by atoms with Crippen LogP contribution in [-0.4, -0.2) is 35.4 Å². The number of piperidine rings is 1. The lowest BCUT2D eigenvalue weighted by molar-refractivity contribution is -0.131. The van der Waals surface area contributed by atoms with E-state index in [0.29, 0.717) is 19.0 Å². The fraction of sp³-hybridized carbons (Fsp3) is 0.400. The lowest BCUT2D eigenvalue weighted by atomic mass is 9.90. The van der Waals surface area contributed by atoms with Gasteiger partial charge in [0.2, 0.25) is 5.91 Å². The zero-order valence-corrected chi connectivity index (χ0v) is 14.0. The maximum absolute atomic E-state index is 12.3. The molecular formula is C20H25N3O. The molecule has 3 rings (SSSR count). The van der Waals surface area contributed by atoms with Gasteiger partial charge in [0.1, 0.15) is 0 Å². The van der Waals surface area contributed by atoms with E-state index in [0.717, 1.165) is 38.0 Å². The average Bonchev–Trinajstić information content (AvgIpc) is 2.64. The third-order valence-electron chi connectivity index (χ3n) is 4.64. The monoisotopic (exact) mass is 323 g/mol. The summed E-state index contributed by atoms with van der Waals surface area (Å²) in [6.45, 7) is 2.78. The molecule has 0 unspecified atom stereocenters. The van der Waals surface area contributed by atoms with Crippen molar-refractivity contribution in [3.05, 3.63) is 66.0 Å². The van der Waals surface area contributed by atoms with Gasteiger partial charge in [-0.05, 0) is 42.9 Å². The molecule has 1 saturated heterocycles. The Bertz CT molecular complexity index is 622. The number of hydrogen-bond acceptors (Lipinski definition) is 3. The summed E-state index contributed by atoms with van der Waals surface area (Å²) in [6.07, 6.45) is 5.10. The average molecular weight is 323 g/mol. The van der Waals surface area contributed by atoms with E-state index in [4.69, 9.17) is 0 Å². The molecule has 0 radical (unpaired) electrons. The van der Waals surface area contributed by atoms with Crippen molar-refractivity contribution in [3.63, 3.8) is 0 Å². The smallest absolute Gasteiger partial charge is 0.236 e. The summed E-state index contributed by atoms with van der Waals surface area (Å²) in [5.41, 5.74) is 2.37. The second-order valence-corrected chi connectivity index (χ2v) is 6.44. The van der Waals surface area contributed by atoms with Crippen LogP contribution in [0.3, 0.4) is 0 Å². The molecule has 2 heterocycles. The van der Waals surface area contributed by atoms with Crippen molar-refractivity contribution in [1.29, 1.82) is 0 Å². The van der Waals surface area contributed by atoms with Gasteiger partial charge in [0, 0.05) is 25.8 Å². The second kappa shape index (κ2) is 8.60. The molecule has 0 aliphatic carbocycles. The molecule has 4 nitrogen and oxygen atoms in total. The number of likely N-dealkylation sites (tertiary alicyclic amines) is 1. The van der Waals surface area contributed by atoms with Gasteiger partial charge in [0.05, 0.1) is 12.2 Å². The fourth-order valence-electron chi connectivity index (χ4n) is 3.25. The summed E-state index contributed by atoms with van der Waals surface area (Å²) in [6, 6.07) is 16.5. The summed E-state index contributed by atoms with van der Waals surface area (Å²) in [5, 5.41) is 3.20. The van der Waals surface area contributed by atoms with E-state index in [1.807, 2.05) is 23.1 Å². The molecule has 0 atom stereocenters. The van der Waals surface area contributed by atoms with Crippen LogP contribution >= 0.6 is 0 Å². The molecule has 1 aliphatic heterocycles. The van der Waals surface area contributed by atoms with Gasteiger partial charge in [-0.15, -0.1) is 0 Å². The highest BCUT2D eigenvalue weighted by Crippen LogP contribution is 2.21. The van der Waals surface area contributed by atoms with Crippen LogP contribution in [0.15, 0.2) is 54.7 Å². The van der Waals surface area contributed by atoms with Crippen LogP contribution in [-0.2, 0) is 17.8 Å². The van der Waals surface area contributed by atoms with Crippen molar-refractivity contribution in [2.45, 2.75) is 25.8 Å². The van der Waals surface area contributed by atoms with Gasteiger partial charge in [-0.3, -0.25) is 9.78 Å². The molecule has 1 N–H and O–H groups in total. The Kier molecular flexibility index (Phi) is 5.96. The SMILES string of the molecule is O=C(CNCc1ccccn1)N1CCC(Cc2ccccc2)CC1. The van der Waals surface area contributed by atoms with Crippen LogP contribution in [0.1, 0.15) is 24.1 Å². The van der Waals surface area contributed by atoms with E-state index in [2.05, 4.69) is 40.6 Å². The first-order valence-corrected chi connectivity index (χ1v) is 8.73. The van der Waals surface area contributed by atoms with E-state index in [9.17, 15) is 4.79 Å². The van der Waals surface area contributed by atoms with Crippen molar-refractivity contribution in [2.75, 3.05) is 19.6 Å². The maximum atomic E-state index is 12.3. The quantitative estimate of drug-likeness (QED) is 0.889. The lowest BCUT2D eigenvalue weighted by Gasteiger charge is -2.32. The Hall–Kier alpha value is -2.20. The van der Waals surface area contributed by atoms with Crippen molar-refractivity contribution in [3.8, 4) is 0 Å². The number of nitrogens with zero attached hydrogens (tertiary/aromatic N) is 2. The number of aromatic nitrogens is 1. The Morgan fingerprint density at radius 1 is 1.08 bits per heavy atom. The number of benzene rings is 1. The normalized spacial score (nSPS) is 15.4. The number of carbonyl (C=O) groups excluding carboxylic acids is 1. The zero-order chi connectivity index (χ0) is 16.6. The third-order valence-corrected chi connectivity index (χ3v) is 4.64. The minimum Gasteiger partial charge on any atom is -0.342 e. The largest absolute Gasteiger partial charge is 0.342 e. The number of amides is 1. The third kappa shape index (κ3) is 4.90. The molecule has 0 saturated carbocycles. The molecule has 0 bridgehead atoms. The summed E-state index contributed by atoms with van der Waals surface area (Å²) in [4.78, 5) is 18.5. The minimum atomic E-state index is 0.198. The number of nitrogens with one attached hydrogen (secondary N) is 1. The molecule has 1 aromatic carbocycles. The minimum absolute atomic E-state index is 0.198. The molecule has 126 valence electrons. The topological polar surface area (TPSA) is 45.2 Å². The van der Waals surface area contributed by atoms with Gasteiger partial charge < -0.3 is 10.2 Å². The van der Waals surface area contributed by atoms with Crippen molar-refractivity contribution >= 4 is 5.91 Å². The molecular weight excluding hydrogens is 298 g/mol. The van der Waals surface area contributed by atoms with Gasteiger partial charge in [0.15, 0.2) is 0 Å². The number of hydrogen-bond donors (Lipinski definition) is 1. The van der Waals surface area contributed by atoms with Crippen LogP contribution in [0.25, 0.3) is 0 Å². The standard InChI is InChI=1S/C20H25N3O/c24-20(16-21-15-19-8-4-5-11-22-19)23-12-9-18(10-13-23)14-17-6-2-1-3-7-17/h1-8,11,18,21H,9-10,12-16H2. The highest BCUT2D eigenvalue weighted by molar-refractivity contribution is 5.78. The van der Waals surface area contributed by atoms with Crippen LogP contribution in [0.4, 0.5) is 0 Å². The van der Waals surface area contributed by atoms with E-state index in [1.165, 1.54) is 5.56 Å². The van der Waals surface area contributed by atoms with Gasteiger partial charge in [0.25, 0.3) is 0 Å². The van der Waals surface area contributed by atoms with Gasteiger partial charge in [-0.1, -0.05) is 36.4 Å². The van der Waals surface area contributed by atoms with Crippen LogP contribution in [0.2, 0.25) is 0 Å². The van der Waals surface area contributed by atoms with Crippen LogP contribution in [0, 0.1) is 5.92 Å². The van der Waals surface area contributed by atoms with Crippen molar-refractivity contribution < 1.29 is 4.79 Å². The molecule has 4 heteroatoms. The van der Waals surface area contributed by atoms with E-state index < -0.39 is 0 Å². The molecule has 1 aliphatic rings. The Morgan fingerprint density at radius 2 is 1.83 bits per heavy atom. The number of pyridine rings is 1. The Morgan fingerprint density at radius 3 is 2.54 bits per heavy atom. The highest BCUT2D eigenvalue weighted by Gasteiger charge is 2.22. The van der Waals surface area contributed by atoms with E-state index >= 15 is 0 Å². The van der Waals surface area contributed by atoms with Crippen molar-refractivity contribution in [1.82, 2.24) is 15.2 Å². The first-order valence-electron chi connectivity index (χ1n) is 8.73. The predicted octanol–water partition coefficient (Wildman–Crippen LogP) is 2.65. The predicted molar refractivity (Wildman–Crippen MR) is 95.4 cm³/mol. The number of carbonyl (C=O) groups is 1. The molecule has 1 aromatic heterocycles. The summed E-state index contributed by atoms with van der Waals surface area (Å²) in [7, 11) is 0. The summed E-state index contributed by atoms with van der Waals surface area (Å²) >= 11 is 0. The summed E-state index contributed by atoms with van der Waals surface area (Å²) in [5.74, 6) is 0.891. The van der Waals surface area contributed by atoms with Gasteiger partial charge in [-0.25, -0.2) is 0 Å². The van der Waals surface area contributed by atoms with Gasteiger partial charge in [-0.2, -0.15) is 0 Å². The van der Waals surface area contributed by atoms with E-state index in [1.54, 1.807) is 6.20 Å². The molecule has 1 fully saturated rings. The van der Waals surface area contributed by atoms with Crippen LogP contribution < -0.4 is 5.32 Å². The maximum Gasteiger partial charge on any atom is 0.236 e. The summed E-state index contributed by atoms with van der Waals surface area (Å²) < 4.78 is 0. The molecule has 1 amide bonds. The fourth-order valence-corrected chi connectivity index (χ4v) is 3.25. The molecule has 24 heavy (non-hydrogen) atoms. The first kappa shape index (κ1) is 16.7. The number of rotatable bonds is 6. The Balaban J connectivity index is 1.37. The van der Waals surface area contributed by atoms with Crippen LogP contribution in [0.5, 0.6) is 0 Å². The Labute approximate surface area is 143 Å². The molecule has 2 aromatic rings. The van der Waals surface area contributed by atoms with Gasteiger partial charge >= 0.3 is 0 Å². The highest BCUT2D eigenvalue weighted by atomic mass is 16.2. The zero-order valence-electron chi connectivity index (χ0n) is 14.0. The lowest BCUT2D eigenvalue weighted by Crippen LogP contribution is -2.43. The molecule has 0 spiro atoms. The van der Waals surface area contributed by atoms with Crippen molar-refractivity contribution in [2.24, 2.45) is 5.92 Å². The van der Waals surface area contributed by atoms with E-state index in [-0.39, 0.29) is 5.91 Å². The second-order valence-electron chi connectivity index (χ2n) is 6.44. The first-order chi connectivity index (χ1) is 11.8.